The zero-order chi connectivity index (χ0) is 22.2. The number of aromatic nitrogens is 2. The van der Waals surface area contributed by atoms with Gasteiger partial charge in [0, 0.05) is 0 Å². The predicted molar refractivity (Wildman–Crippen MR) is 135 cm³/mol. The van der Waals surface area contributed by atoms with Gasteiger partial charge in [0.25, 0.3) is 0 Å². The van der Waals surface area contributed by atoms with E-state index in [0.717, 1.165) is 19.3 Å². The monoisotopic (exact) mass is 521 g/mol. The van der Waals surface area contributed by atoms with Crippen LogP contribution in [0, 0.1) is 6.92 Å². The van der Waals surface area contributed by atoms with Crippen molar-refractivity contribution in [2.24, 2.45) is 0 Å². The predicted octanol–water partition coefficient (Wildman–Crippen LogP) is 6.35. The van der Waals surface area contributed by atoms with Gasteiger partial charge in [0.15, 0.2) is 0 Å². The van der Waals surface area contributed by atoms with Gasteiger partial charge in [-0.1, -0.05) is 0 Å². The molecule has 0 aliphatic carbocycles. The van der Waals surface area contributed by atoms with Gasteiger partial charge in [-0.2, -0.15) is 0 Å². The molecule has 0 atom stereocenters. The third kappa shape index (κ3) is 5.88. The summed E-state index contributed by atoms with van der Waals surface area (Å²) in [4.78, 5) is 9.52. The van der Waals surface area contributed by atoms with Crippen LogP contribution >= 0.6 is 0 Å². The van der Waals surface area contributed by atoms with Crippen molar-refractivity contribution in [2.45, 2.75) is 91.9 Å². The Balaban J connectivity index is 2.25. The number of fused-ring (bicyclic) bond motifs is 1. The van der Waals surface area contributed by atoms with Gasteiger partial charge in [0.2, 0.25) is 0 Å². The molecule has 0 spiro atoms. The SMILES string of the molecule is CCCCc1nc2[c]([Sn])cc(Cc3ccncc3)c(CCCC)c2c(CCCC)c1C. The van der Waals surface area contributed by atoms with Crippen molar-refractivity contribution in [3.05, 3.63) is 64.1 Å². The molecule has 31 heavy (non-hydrogen) atoms. The van der Waals surface area contributed by atoms with Crippen molar-refractivity contribution in [3.8, 4) is 0 Å². The van der Waals surface area contributed by atoms with Gasteiger partial charge in [-0.05, 0) is 0 Å². The van der Waals surface area contributed by atoms with E-state index in [2.05, 4.69) is 50.9 Å². The average molecular weight is 520 g/mol. The number of pyridine rings is 2. The van der Waals surface area contributed by atoms with Crippen LogP contribution in [0.15, 0.2) is 30.6 Å². The van der Waals surface area contributed by atoms with Crippen LogP contribution in [-0.2, 0) is 25.7 Å². The molecule has 0 saturated heterocycles. The maximum absolute atomic E-state index is 5.31. The minimum absolute atomic E-state index is 0.989. The quantitative estimate of drug-likeness (QED) is 0.276. The van der Waals surface area contributed by atoms with Gasteiger partial charge >= 0.3 is 203 Å². The molecule has 2 aromatic heterocycles. The fourth-order valence-corrected chi connectivity index (χ4v) is 5.57. The van der Waals surface area contributed by atoms with Crippen molar-refractivity contribution < 1.29 is 0 Å². The number of aryl methyl sites for hydroxylation is 3. The van der Waals surface area contributed by atoms with E-state index in [1.54, 1.807) is 11.1 Å². The van der Waals surface area contributed by atoms with E-state index >= 15 is 0 Å². The standard InChI is InChI=1S/C28H37N2.Sn/c1-5-8-11-24-21(4)26(13-10-7-3)30-27-15-14-23(20-22-16-18-29-19-17-22)25(28(24)27)12-9-6-2;/h14,16-19H,5-13,20H2,1-4H3;. The molecule has 2 heterocycles. The summed E-state index contributed by atoms with van der Waals surface area (Å²) in [7, 11) is 0. The molecule has 2 nitrogen and oxygen atoms in total. The molecule has 0 fully saturated rings. The number of benzene rings is 1. The van der Waals surface area contributed by atoms with Crippen molar-refractivity contribution in [3.63, 3.8) is 0 Å². The fraction of sp³-hybridized carbons (Fsp3) is 0.500. The molecular formula is C28H37N2Sn. The van der Waals surface area contributed by atoms with Crippen LogP contribution in [0.4, 0.5) is 0 Å². The number of hydrogen-bond donors (Lipinski definition) is 0. The second kappa shape index (κ2) is 12.0. The molecule has 3 aromatic rings. The molecule has 0 bridgehead atoms. The Bertz CT molecular complexity index is 995. The number of nitrogens with zero attached hydrogens (tertiary/aromatic N) is 2. The molecule has 3 heteroatoms. The van der Waals surface area contributed by atoms with Gasteiger partial charge in [-0.3, -0.25) is 0 Å². The van der Waals surface area contributed by atoms with E-state index in [0.29, 0.717) is 0 Å². The number of hydrogen-bond acceptors (Lipinski definition) is 2. The molecule has 163 valence electrons. The first kappa shape index (κ1) is 24.2. The Morgan fingerprint density at radius 2 is 1.45 bits per heavy atom. The van der Waals surface area contributed by atoms with Crippen molar-refractivity contribution in [1.29, 1.82) is 0 Å². The van der Waals surface area contributed by atoms with Crippen molar-refractivity contribution in [2.75, 3.05) is 0 Å². The second-order valence-corrected chi connectivity index (χ2v) is 10.3. The summed E-state index contributed by atoms with van der Waals surface area (Å²) >= 11 is 1.47. The summed E-state index contributed by atoms with van der Waals surface area (Å²) in [5.74, 6) is 0. The van der Waals surface area contributed by atoms with Crippen LogP contribution in [0.3, 0.4) is 0 Å². The zero-order valence-electron chi connectivity index (χ0n) is 19.9. The van der Waals surface area contributed by atoms with Gasteiger partial charge < -0.3 is 0 Å². The van der Waals surface area contributed by atoms with E-state index in [4.69, 9.17) is 4.98 Å². The van der Waals surface area contributed by atoms with Crippen LogP contribution in [-0.4, -0.2) is 32.5 Å². The van der Waals surface area contributed by atoms with Crippen LogP contribution in [0.5, 0.6) is 0 Å². The molecule has 0 aliphatic rings. The molecule has 3 radical (unpaired) electrons. The van der Waals surface area contributed by atoms with E-state index in [-0.39, 0.29) is 0 Å². The summed E-state index contributed by atoms with van der Waals surface area (Å²) in [5, 5.41) is 1.50. The summed E-state index contributed by atoms with van der Waals surface area (Å²) < 4.78 is 1.42. The molecule has 0 amide bonds. The molecule has 0 aliphatic heterocycles. The Hall–Kier alpha value is -1.42. The first-order valence-corrected chi connectivity index (χ1v) is 13.6. The van der Waals surface area contributed by atoms with Crippen LogP contribution in [0.25, 0.3) is 10.9 Å². The van der Waals surface area contributed by atoms with Crippen molar-refractivity contribution in [1.82, 2.24) is 9.97 Å². The van der Waals surface area contributed by atoms with E-state index in [1.807, 2.05) is 12.4 Å². The Morgan fingerprint density at radius 3 is 2.10 bits per heavy atom. The Labute approximate surface area is 202 Å². The topological polar surface area (TPSA) is 25.8 Å². The third-order valence-corrected chi connectivity index (χ3v) is 7.49. The molecule has 3 rings (SSSR count). The van der Waals surface area contributed by atoms with Gasteiger partial charge in [-0.15, -0.1) is 0 Å². The number of rotatable bonds is 11. The molecular weight excluding hydrogens is 483 g/mol. The zero-order valence-corrected chi connectivity index (χ0v) is 22.7. The van der Waals surface area contributed by atoms with Gasteiger partial charge in [-0.25, -0.2) is 0 Å². The van der Waals surface area contributed by atoms with E-state index in [1.165, 1.54) is 104 Å². The molecule has 0 saturated carbocycles. The van der Waals surface area contributed by atoms with Crippen molar-refractivity contribution >= 4 is 37.0 Å². The first-order chi connectivity index (χ1) is 15.1. The van der Waals surface area contributed by atoms with Crippen LogP contribution in [0.2, 0.25) is 0 Å². The fourth-order valence-electron chi connectivity index (χ4n) is 4.56. The van der Waals surface area contributed by atoms with Crippen LogP contribution in [0.1, 0.15) is 92.8 Å². The summed E-state index contributed by atoms with van der Waals surface area (Å²) in [6.45, 7) is 9.22. The average Bonchev–Trinajstić information content (AvgIpc) is 2.78. The Morgan fingerprint density at radius 1 is 0.839 bits per heavy atom. The van der Waals surface area contributed by atoms with Gasteiger partial charge in [0.05, 0.1) is 0 Å². The number of unbranched alkanes of at least 4 members (excludes halogenated alkanes) is 3. The first-order valence-electron chi connectivity index (χ1n) is 12.2. The summed E-state index contributed by atoms with van der Waals surface area (Å²) in [6, 6.07) is 6.78. The summed E-state index contributed by atoms with van der Waals surface area (Å²) in [5.41, 5.74) is 10.1. The molecule has 0 unspecified atom stereocenters. The molecule has 0 N–H and O–H groups in total. The maximum atomic E-state index is 5.31. The van der Waals surface area contributed by atoms with Crippen LogP contribution < -0.4 is 3.58 Å². The minimum atomic E-state index is 0.989. The van der Waals surface area contributed by atoms with Gasteiger partial charge in [0.1, 0.15) is 0 Å². The Kier molecular flexibility index (Phi) is 9.37. The van der Waals surface area contributed by atoms with E-state index < -0.39 is 0 Å². The van der Waals surface area contributed by atoms with E-state index in [9.17, 15) is 0 Å². The molecule has 1 aromatic carbocycles. The second-order valence-electron chi connectivity index (χ2n) is 8.79. The normalized spacial score (nSPS) is 11.4. The summed E-state index contributed by atoms with van der Waals surface area (Å²) in [6.07, 6.45) is 15.6. The third-order valence-electron chi connectivity index (χ3n) is 6.41.